The fourth-order valence-electron chi connectivity index (χ4n) is 2.19. The number of H-pyrrole nitrogens is 2. The van der Waals surface area contributed by atoms with Gasteiger partial charge >= 0.3 is 5.69 Å². The number of rotatable bonds is 7. The SMILES string of the molecule is CNCCCN(C)CCc1ccc2[nH]c(=O)[nH]c2c1. The Balaban J connectivity index is 1.88. The van der Waals surface area contributed by atoms with Crippen LogP contribution < -0.4 is 11.0 Å². The molecule has 1 heterocycles. The van der Waals surface area contributed by atoms with E-state index in [9.17, 15) is 4.79 Å². The Bertz CT molecular complexity index is 572. The molecular weight excluding hydrogens is 240 g/mol. The first-order chi connectivity index (χ1) is 9.19. The van der Waals surface area contributed by atoms with Crippen LogP contribution in [0.3, 0.4) is 0 Å². The summed E-state index contributed by atoms with van der Waals surface area (Å²) in [5.41, 5.74) is 2.87. The van der Waals surface area contributed by atoms with Gasteiger partial charge in [0.15, 0.2) is 0 Å². The molecule has 19 heavy (non-hydrogen) atoms. The monoisotopic (exact) mass is 262 g/mol. The molecule has 0 fully saturated rings. The van der Waals surface area contributed by atoms with Crippen molar-refractivity contribution in [1.29, 1.82) is 0 Å². The number of nitrogens with zero attached hydrogens (tertiary/aromatic N) is 1. The van der Waals surface area contributed by atoms with Crippen LogP contribution in [0.5, 0.6) is 0 Å². The summed E-state index contributed by atoms with van der Waals surface area (Å²) < 4.78 is 0. The van der Waals surface area contributed by atoms with Crippen molar-refractivity contribution in [2.75, 3.05) is 33.7 Å². The summed E-state index contributed by atoms with van der Waals surface area (Å²) in [4.78, 5) is 19.1. The molecule has 0 aliphatic heterocycles. The van der Waals surface area contributed by atoms with Crippen molar-refractivity contribution < 1.29 is 0 Å². The smallest absolute Gasteiger partial charge is 0.320 e. The standard InChI is InChI=1S/C14H22N4O/c1-15-7-3-8-18(2)9-6-11-4-5-12-13(10-11)17-14(19)16-12/h4-5,10,15H,3,6-9H2,1-2H3,(H2,16,17,19). The highest BCUT2D eigenvalue weighted by Crippen LogP contribution is 2.10. The number of benzene rings is 1. The van der Waals surface area contributed by atoms with Crippen LogP contribution >= 0.6 is 0 Å². The lowest BCUT2D eigenvalue weighted by Gasteiger charge is -2.16. The highest BCUT2D eigenvalue weighted by molar-refractivity contribution is 5.74. The molecule has 0 bridgehead atoms. The molecule has 0 atom stereocenters. The van der Waals surface area contributed by atoms with E-state index < -0.39 is 0 Å². The largest absolute Gasteiger partial charge is 0.323 e. The number of imidazole rings is 1. The third kappa shape index (κ3) is 3.94. The Morgan fingerprint density at radius 2 is 2.00 bits per heavy atom. The quantitative estimate of drug-likeness (QED) is 0.651. The predicted molar refractivity (Wildman–Crippen MR) is 78.7 cm³/mol. The number of nitrogens with one attached hydrogen (secondary N) is 3. The molecule has 0 saturated heterocycles. The molecule has 2 rings (SSSR count). The van der Waals surface area contributed by atoms with E-state index in [-0.39, 0.29) is 5.69 Å². The highest BCUT2D eigenvalue weighted by atomic mass is 16.1. The molecule has 0 aliphatic carbocycles. The molecule has 2 aromatic rings. The Morgan fingerprint density at radius 1 is 1.21 bits per heavy atom. The van der Waals surface area contributed by atoms with Gasteiger partial charge in [0.2, 0.25) is 0 Å². The van der Waals surface area contributed by atoms with Gasteiger partial charge in [0.1, 0.15) is 0 Å². The van der Waals surface area contributed by atoms with Gasteiger partial charge in [0.25, 0.3) is 0 Å². The second-order valence-corrected chi connectivity index (χ2v) is 4.97. The zero-order valence-electron chi connectivity index (χ0n) is 11.6. The van der Waals surface area contributed by atoms with Crippen LogP contribution in [0.2, 0.25) is 0 Å². The molecule has 1 aromatic heterocycles. The lowest BCUT2D eigenvalue weighted by molar-refractivity contribution is 0.332. The minimum absolute atomic E-state index is 0.142. The Kier molecular flexibility index (Phi) is 4.76. The number of hydrogen-bond acceptors (Lipinski definition) is 3. The third-order valence-electron chi connectivity index (χ3n) is 3.33. The fourth-order valence-corrected chi connectivity index (χ4v) is 2.19. The zero-order valence-corrected chi connectivity index (χ0v) is 11.6. The summed E-state index contributed by atoms with van der Waals surface area (Å²) in [7, 11) is 4.12. The third-order valence-corrected chi connectivity index (χ3v) is 3.33. The van der Waals surface area contributed by atoms with Crippen LogP contribution in [-0.4, -0.2) is 48.6 Å². The second-order valence-electron chi connectivity index (χ2n) is 4.97. The van der Waals surface area contributed by atoms with Crippen LogP contribution in [0.4, 0.5) is 0 Å². The molecule has 104 valence electrons. The average Bonchev–Trinajstić information content (AvgIpc) is 2.76. The lowest BCUT2D eigenvalue weighted by atomic mass is 10.1. The van der Waals surface area contributed by atoms with Crippen molar-refractivity contribution in [1.82, 2.24) is 20.2 Å². The summed E-state index contributed by atoms with van der Waals surface area (Å²) in [6.45, 7) is 3.19. The van der Waals surface area contributed by atoms with Crippen LogP contribution in [0.25, 0.3) is 11.0 Å². The van der Waals surface area contributed by atoms with E-state index in [0.717, 1.165) is 43.5 Å². The average molecular weight is 262 g/mol. The normalized spacial score (nSPS) is 11.5. The number of likely N-dealkylation sites (N-methyl/N-ethyl adjacent to an activating group) is 1. The Morgan fingerprint density at radius 3 is 2.79 bits per heavy atom. The maximum absolute atomic E-state index is 11.2. The highest BCUT2D eigenvalue weighted by Gasteiger charge is 2.02. The van der Waals surface area contributed by atoms with Gasteiger partial charge in [-0.2, -0.15) is 0 Å². The van der Waals surface area contributed by atoms with Gasteiger partial charge in [0, 0.05) is 6.54 Å². The van der Waals surface area contributed by atoms with E-state index in [0.29, 0.717) is 0 Å². The van der Waals surface area contributed by atoms with E-state index in [1.165, 1.54) is 5.56 Å². The zero-order chi connectivity index (χ0) is 13.7. The maximum atomic E-state index is 11.2. The molecule has 0 aliphatic rings. The van der Waals surface area contributed by atoms with E-state index in [1.54, 1.807) is 0 Å². The molecule has 0 saturated carbocycles. The van der Waals surface area contributed by atoms with Gasteiger partial charge in [-0.1, -0.05) is 6.07 Å². The van der Waals surface area contributed by atoms with Gasteiger partial charge in [-0.05, 0) is 57.7 Å². The first-order valence-electron chi connectivity index (χ1n) is 6.73. The van der Waals surface area contributed by atoms with Crippen molar-refractivity contribution in [3.8, 4) is 0 Å². The molecule has 0 amide bonds. The molecule has 5 nitrogen and oxygen atoms in total. The molecule has 1 aromatic carbocycles. The Labute approximate surface area is 113 Å². The number of fused-ring (bicyclic) bond motifs is 1. The van der Waals surface area contributed by atoms with E-state index >= 15 is 0 Å². The summed E-state index contributed by atoms with van der Waals surface area (Å²) >= 11 is 0. The minimum Gasteiger partial charge on any atom is -0.320 e. The van der Waals surface area contributed by atoms with Crippen molar-refractivity contribution in [3.63, 3.8) is 0 Å². The molecule has 0 radical (unpaired) electrons. The summed E-state index contributed by atoms with van der Waals surface area (Å²) in [5, 5.41) is 3.16. The van der Waals surface area contributed by atoms with Crippen molar-refractivity contribution in [3.05, 3.63) is 34.2 Å². The van der Waals surface area contributed by atoms with Crippen LogP contribution in [0.1, 0.15) is 12.0 Å². The van der Waals surface area contributed by atoms with Crippen LogP contribution in [0.15, 0.2) is 23.0 Å². The lowest BCUT2D eigenvalue weighted by Crippen LogP contribution is -2.24. The molecule has 5 heteroatoms. The summed E-state index contributed by atoms with van der Waals surface area (Å²) in [6, 6.07) is 6.09. The second kappa shape index (κ2) is 6.54. The molecule has 3 N–H and O–H groups in total. The van der Waals surface area contributed by atoms with Gasteiger partial charge in [-0.3, -0.25) is 0 Å². The van der Waals surface area contributed by atoms with Crippen molar-refractivity contribution in [2.45, 2.75) is 12.8 Å². The van der Waals surface area contributed by atoms with Gasteiger partial charge in [0.05, 0.1) is 11.0 Å². The van der Waals surface area contributed by atoms with Gasteiger partial charge in [-0.25, -0.2) is 4.79 Å². The predicted octanol–water partition coefficient (Wildman–Crippen LogP) is 0.940. The molecular formula is C14H22N4O. The number of aromatic nitrogens is 2. The minimum atomic E-state index is -0.142. The molecule has 0 spiro atoms. The van der Waals surface area contributed by atoms with E-state index in [4.69, 9.17) is 0 Å². The van der Waals surface area contributed by atoms with E-state index in [2.05, 4.69) is 39.4 Å². The van der Waals surface area contributed by atoms with Crippen LogP contribution in [0, 0.1) is 0 Å². The fraction of sp³-hybridized carbons (Fsp3) is 0.500. The summed E-state index contributed by atoms with van der Waals surface area (Å²) in [6.07, 6.45) is 2.16. The Hall–Kier alpha value is -1.59. The maximum Gasteiger partial charge on any atom is 0.323 e. The summed E-state index contributed by atoms with van der Waals surface area (Å²) in [5.74, 6) is 0. The van der Waals surface area contributed by atoms with E-state index in [1.807, 2.05) is 13.1 Å². The first-order valence-corrected chi connectivity index (χ1v) is 6.73. The molecule has 0 unspecified atom stereocenters. The van der Waals surface area contributed by atoms with Gasteiger partial charge in [-0.15, -0.1) is 0 Å². The van der Waals surface area contributed by atoms with Crippen molar-refractivity contribution in [2.24, 2.45) is 0 Å². The number of aromatic amines is 2. The number of hydrogen-bond donors (Lipinski definition) is 3. The first kappa shape index (κ1) is 13.8. The van der Waals surface area contributed by atoms with Gasteiger partial charge < -0.3 is 20.2 Å². The van der Waals surface area contributed by atoms with Crippen LogP contribution in [-0.2, 0) is 6.42 Å². The topological polar surface area (TPSA) is 63.9 Å². The van der Waals surface area contributed by atoms with Crippen molar-refractivity contribution >= 4 is 11.0 Å².